The quantitative estimate of drug-likeness (QED) is 0.183. The molecule has 4 aromatic carbocycles. The van der Waals surface area contributed by atoms with Crippen LogP contribution in [0.3, 0.4) is 0 Å². The van der Waals surface area contributed by atoms with Crippen LogP contribution in [0.4, 0.5) is 0 Å². The molecule has 0 amide bonds. The van der Waals surface area contributed by atoms with Crippen molar-refractivity contribution in [1.29, 1.82) is 0 Å². The summed E-state index contributed by atoms with van der Waals surface area (Å²) in [6.45, 7) is 10.3. The van der Waals surface area contributed by atoms with Gasteiger partial charge in [-0.1, -0.05) is 91.0 Å². The van der Waals surface area contributed by atoms with E-state index in [9.17, 15) is 0 Å². The Bertz CT molecular complexity index is 1080. The fraction of sp³-hybridized carbons (Fsp3) is 0.0667. The summed E-state index contributed by atoms with van der Waals surface area (Å²) in [6.07, 6.45) is 1.50. The van der Waals surface area contributed by atoms with Gasteiger partial charge in [0.2, 0.25) is 0 Å². The Balaban J connectivity index is 0. The van der Waals surface area contributed by atoms with Crippen molar-refractivity contribution < 1.29 is 55.0 Å². The van der Waals surface area contributed by atoms with E-state index in [1.54, 1.807) is 7.11 Å². The van der Waals surface area contributed by atoms with E-state index in [4.69, 9.17) is 18.8 Å². The Kier molecular flexibility index (Phi) is 24.5. The third-order valence-electron chi connectivity index (χ3n) is 4.25. The van der Waals surface area contributed by atoms with Crippen LogP contribution in [0.1, 0.15) is 12.5 Å². The minimum Gasteiger partial charge on any atom is -0.0622 e. The molecule has 0 saturated carbocycles. The van der Waals surface area contributed by atoms with Gasteiger partial charge in [-0.3, -0.25) is 6.29 Å². The third-order valence-corrected chi connectivity index (χ3v) is 7.54. The molecule has 0 bridgehead atoms. The summed E-state index contributed by atoms with van der Waals surface area (Å²) in [7, 11) is 1.22. The molecule has 0 N–H and O–H groups in total. The number of halogens is 1. The zero-order valence-corrected chi connectivity index (χ0v) is 25.7. The van der Waals surface area contributed by atoms with E-state index >= 15 is 0 Å². The Morgan fingerprint density at radius 2 is 1.00 bits per heavy atom. The zero-order valence-electron chi connectivity index (χ0n) is 20.3. The van der Waals surface area contributed by atoms with Crippen molar-refractivity contribution in [2.24, 2.45) is 0 Å². The van der Waals surface area contributed by atoms with E-state index in [0.717, 1.165) is 11.3 Å². The summed E-state index contributed by atoms with van der Waals surface area (Å²) in [4.78, 5) is 8.68. The molecule has 4 nitrogen and oxygen atoms in total. The number of hydrogen-bond acceptors (Lipinski definition) is 2. The standard InChI is InChI=1S/C18H15P.C8H7O.C2H3O.2CO.BrH.W/c1-4-10-16(11-5-1)19(17-12-6-2-7-13-17)18-14-8-3-9-15-18;1-7-3-5-8(9-2)6-4-7;1-2-3;2*1-2;;/h1-15H;3-6H,2H3;1H3;;;1H;/q;;-1;;;;+1/p-1. The van der Waals surface area contributed by atoms with Crippen LogP contribution < -0.4 is 37.6 Å². The number of hydrogen-bond donors (Lipinski definition) is 0. The van der Waals surface area contributed by atoms with Crippen molar-refractivity contribution in [3.63, 3.8) is 0 Å². The smallest absolute Gasteiger partial charge is 0.0134 e. The van der Waals surface area contributed by atoms with Gasteiger partial charge < -0.3 is 21.8 Å². The maximum atomic E-state index is 8.68. The predicted octanol–water partition coefficient (Wildman–Crippen LogP) is 2.04. The van der Waals surface area contributed by atoms with Crippen molar-refractivity contribution >= 4 is 30.1 Å². The Morgan fingerprint density at radius 3 is 1.24 bits per heavy atom. The van der Waals surface area contributed by atoms with E-state index in [-0.39, 0.29) is 17.0 Å². The van der Waals surface area contributed by atoms with Crippen LogP contribution in [0.2, 0.25) is 0 Å². The van der Waals surface area contributed by atoms with Crippen molar-refractivity contribution in [3.8, 4) is 9.95 Å². The summed E-state index contributed by atoms with van der Waals surface area (Å²) in [5.41, 5.74) is 1.14. The van der Waals surface area contributed by atoms with Gasteiger partial charge in [-0.2, -0.15) is 6.92 Å². The third kappa shape index (κ3) is 14.5. The first-order valence-electron chi connectivity index (χ1n) is 10.4. The topological polar surface area (TPSA) is 66.1 Å². The number of rotatable bonds is 4. The van der Waals surface area contributed by atoms with Gasteiger partial charge in [-0.05, 0) is 23.8 Å². The first kappa shape index (κ1) is 36.4. The summed E-state index contributed by atoms with van der Waals surface area (Å²) < 4.78 is 23.1. The molecule has 4 aromatic rings. The van der Waals surface area contributed by atoms with E-state index in [0.29, 0.717) is 0 Å². The van der Waals surface area contributed by atoms with Gasteiger partial charge in [-0.15, -0.1) is 0 Å². The van der Waals surface area contributed by atoms with Gasteiger partial charge in [-0.25, -0.2) is 0 Å². The van der Waals surface area contributed by atoms with Gasteiger partial charge >= 0.3 is 93.4 Å². The molecule has 0 fully saturated rings. The summed E-state index contributed by atoms with van der Waals surface area (Å²) in [6, 6.07) is 40.2. The molecule has 37 heavy (non-hydrogen) atoms. The zero-order chi connectivity index (χ0) is 27.0. The Morgan fingerprint density at radius 1 is 0.703 bits per heavy atom. The number of ether oxygens (including phenoxy) is 1. The van der Waals surface area contributed by atoms with Crippen molar-refractivity contribution in [2.45, 2.75) is 6.92 Å². The minimum absolute atomic E-state index is 0. The molecule has 7 heteroatoms. The fourth-order valence-electron chi connectivity index (χ4n) is 2.84. The van der Waals surface area contributed by atoms with Gasteiger partial charge in [0.25, 0.3) is 0 Å². The molecule has 0 heterocycles. The normalized spacial score (nSPS) is 8.16. The van der Waals surface area contributed by atoms with Crippen LogP contribution in [0, 0.1) is 17.5 Å². The molecule has 0 unspecified atom stereocenters. The molecule has 0 radical (unpaired) electrons. The van der Waals surface area contributed by atoms with Crippen LogP contribution in [0.5, 0.6) is 5.75 Å². The Hall–Kier alpha value is -2.79. The number of carbonyl (C=O) groups excluding carboxylic acids is 1. The SMILES string of the molecule is COc1ccc([C]#[W+])cc1.C[C-]=O.[Br-].[C-]#[O+].[C-]#[O+].c1ccc(P(c2ccccc2)c2ccccc2)cc1. The van der Waals surface area contributed by atoms with E-state index in [1.165, 1.54) is 48.3 Å². The van der Waals surface area contributed by atoms with E-state index in [1.807, 2.05) is 24.3 Å². The van der Waals surface area contributed by atoms with Crippen molar-refractivity contribution in [2.75, 3.05) is 7.11 Å². The molecule has 0 aromatic heterocycles. The molecular formula is C30H25BrO4PW-. The minimum atomic E-state index is -0.446. The second-order valence-corrected chi connectivity index (χ2v) is 9.33. The van der Waals surface area contributed by atoms with Gasteiger partial charge in [0.05, 0.1) is 0 Å². The molecule has 0 aliphatic rings. The van der Waals surface area contributed by atoms with Crippen LogP contribution in [0.25, 0.3) is 0 Å². The van der Waals surface area contributed by atoms with Crippen molar-refractivity contribution in [1.82, 2.24) is 0 Å². The largest absolute Gasteiger partial charge is 0.0622 e. The second kappa shape index (κ2) is 24.9. The summed E-state index contributed by atoms with van der Waals surface area (Å²) in [5.74, 6) is 0.897. The molecule has 0 aliphatic heterocycles. The maximum Gasteiger partial charge on any atom is -0.0134 e. The van der Waals surface area contributed by atoms with Crippen LogP contribution in [-0.2, 0) is 33.3 Å². The first-order chi connectivity index (χ1) is 17.7. The second-order valence-electron chi connectivity index (χ2n) is 6.38. The molecule has 188 valence electrons. The summed E-state index contributed by atoms with van der Waals surface area (Å²) in [5, 5.41) is 4.19. The molecular weight excluding hydrogens is 719 g/mol. The van der Waals surface area contributed by atoms with E-state index < -0.39 is 7.92 Å². The van der Waals surface area contributed by atoms with Crippen molar-refractivity contribution in [3.05, 3.63) is 134 Å². The van der Waals surface area contributed by atoms with Crippen LogP contribution in [-0.4, -0.2) is 13.4 Å². The molecule has 4 rings (SSSR count). The predicted molar refractivity (Wildman–Crippen MR) is 140 cm³/mol. The molecule has 0 atom stereocenters. The number of methoxy groups -OCH3 is 1. The Labute approximate surface area is 242 Å². The van der Waals surface area contributed by atoms with Gasteiger partial charge in [0.15, 0.2) is 0 Å². The molecule has 0 aliphatic carbocycles. The fourth-order valence-corrected chi connectivity index (χ4v) is 5.63. The van der Waals surface area contributed by atoms with E-state index in [2.05, 4.69) is 108 Å². The van der Waals surface area contributed by atoms with Crippen LogP contribution >= 0.6 is 7.92 Å². The maximum absolute atomic E-state index is 8.68. The van der Waals surface area contributed by atoms with Crippen LogP contribution in [0.15, 0.2) is 115 Å². The molecule has 0 saturated heterocycles. The monoisotopic (exact) mass is 743 g/mol. The van der Waals surface area contributed by atoms with Gasteiger partial charge in [0, 0.05) is 0 Å². The average Bonchev–Trinajstić information content (AvgIpc) is 2.98. The summed E-state index contributed by atoms with van der Waals surface area (Å²) >= 11 is 1.35. The number of benzene rings is 4. The first-order valence-corrected chi connectivity index (χ1v) is 13.2. The van der Waals surface area contributed by atoms with Gasteiger partial charge in [0.1, 0.15) is 0 Å². The average molecular weight is 744 g/mol. The molecule has 0 spiro atoms.